The molecule has 0 amide bonds. The fourth-order valence-corrected chi connectivity index (χ4v) is 2.69. The molecule has 10 heteroatoms. The number of alkyl halides is 4. The summed E-state index contributed by atoms with van der Waals surface area (Å²) in [6.45, 7) is -1.78. The molecule has 0 saturated heterocycles. The summed E-state index contributed by atoms with van der Waals surface area (Å²) in [5, 5.41) is 8.30. The van der Waals surface area contributed by atoms with Crippen molar-refractivity contribution in [2.45, 2.75) is 17.2 Å². The predicted molar refractivity (Wildman–Crippen MR) is 62.3 cm³/mol. The maximum Gasteiger partial charge on any atom is 0.320 e. The first-order valence-electron chi connectivity index (χ1n) is 4.95. The summed E-state index contributed by atoms with van der Waals surface area (Å²) in [5.41, 5.74) is -0.0737. The Hall–Kier alpha value is -1.37. The largest absolute Gasteiger partial charge is 0.320 e. The van der Waals surface area contributed by atoms with E-state index in [-0.39, 0.29) is 10.6 Å². The number of nitriles is 1. The molecule has 0 unspecified atom stereocenters. The van der Waals surface area contributed by atoms with E-state index in [0.29, 0.717) is 0 Å². The molecule has 0 aliphatic rings. The zero-order valence-corrected chi connectivity index (χ0v) is 11.2. The van der Waals surface area contributed by atoms with Crippen molar-refractivity contribution in [2.75, 3.05) is 6.54 Å². The lowest BCUT2D eigenvalue weighted by atomic mass is 10.2. The lowest BCUT2D eigenvalue weighted by Gasteiger charge is -2.16. The Morgan fingerprint density at radius 1 is 1.40 bits per heavy atom. The Bertz CT molecular complexity index is 643. The molecule has 0 saturated carbocycles. The van der Waals surface area contributed by atoms with Crippen LogP contribution in [0.3, 0.4) is 0 Å². The molecule has 0 fully saturated rings. The van der Waals surface area contributed by atoms with Crippen molar-refractivity contribution in [1.29, 1.82) is 5.26 Å². The topological polar surface area (TPSA) is 70.0 Å². The third-order valence-electron chi connectivity index (χ3n) is 2.17. The number of sulfonamides is 1. The van der Waals surface area contributed by atoms with Gasteiger partial charge in [-0.15, -0.1) is 0 Å². The van der Waals surface area contributed by atoms with Crippen LogP contribution in [0.2, 0.25) is 5.02 Å². The Kier molecular flexibility index (Phi) is 4.96. The summed E-state index contributed by atoms with van der Waals surface area (Å²) >= 11 is 5.59. The number of benzene rings is 1. The first-order valence-corrected chi connectivity index (χ1v) is 6.81. The molecule has 0 radical (unpaired) electrons. The second-order valence-corrected chi connectivity index (χ2v) is 5.79. The average Bonchev–Trinajstić information content (AvgIpc) is 2.37. The standard InChI is InChI=1S/C10H7ClF4N2O2S/c11-7-2-1-6(4-16)3-8(7)20(18,19)17-5-10(14,15)9(12)13/h1-3,9,17H,5H2. The fourth-order valence-electron chi connectivity index (χ4n) is 1.12. The molecule has 4 nitrogen and oxygen atoms in total. The first kappa shape index (κ1) is 16.7. The zero-order chi connectivity index (χ0) is 15.6. The smallest absolute Gasteiger partial charge is 0.207 e. The van der Waals surface area contributed by atoms with Crippen LogP contribution in [0, 0.1) is 11.3 Å². The molecule has 0 atom stereocenters. The summed E-state index contributed by atoms with van der Waals surface area (Å²) in [7, 11) is -4.54. The molecule has 1 aromatic rings. The number of rotatable bonds is 5. The van der Waals surface area contributed by atoms with E-state index in [1.807, 2.05) is 0 Å². The SMILES string of the molecule is N#Cc1ccc(Cl)c(S(=O)(=O)NCC(F)(F)C(F)F)c1. The van der Waals surface area contributed by atoms with Gasteiger partial charge in [0.1, 0.15) is 4.90 Å². The highest BCUT2D eigenvalue weighted by atomic mass is 35.5. The van der Waals surface area contributed by atoms with Crippen molar-refractivity contribution in [2.24, 2.45) is 0 Å². The maximum atomic E-state index is 12.7. The summed E-state index contributed by atoms with van der Waals surface area (Å²) < 4.78 is 74.0. The summed E-state index contributed by atoms with van der Waals surface area (Å²) in [6.07, 6.45) is -4.01. The van der Waals surface area contributed by atoms with E-state index in [1.165, 1.54) is 10.8 Å². The van der Waals surface area contributed by atoms with Gasteiger partial charge in [-0.2, -0.15) is 14.0 Å². The third kappa shape index (κ3) is 3.82. The molecule has 110 valence electrons. The van der Waals surface area contributed by atoms with Crippen LogP contribution in [0.4, 0.5) is 17.6 Å². The molecular weight excluding hydrogens is 324 g/mol. The molecule has 1 aromatic carbocycles. The van der Waals surface area contributed by atoms with Gasteiger partial charge in [0.15, 0.2) is 0 Å². The number of hydrogen-bond donors (Lipinski definition) is 1. The lowest BCUT2D eigenvalue weighted by Crippen LogP contribution is -2.41. The summed E-state index contributed by atoms with van der Waals surface area (Å²) in [5.74, 6) is -4.51. The number of nitrogens with one attached hydrogen (secondary N) is 1. The highest BCUT2D eigenvalue weighted by Gasteiger charge is 2.41. The van der Waals surface area contributed by atoms with Gasteiger partial charge in [-0.1, -0.05) is 11.6 Å². The number of nitrogens with zero attached hydrogens (tertiary/aromatic N) is 1. The summed E-state index contributed by atoms with van der Waals surface area (Å²) in [4.78, 5) is -0.636. The van der Waals surface area contributed by atoms with Crippen LogP contribution in [0.15, 0.2) is 23.1 Å². The quantitative estimate of drug-likeness (QED) is 0.843. The molecule has 1 rings (SSSR count). The second kappa shape index (κ2) is 5.95. The van der Waals surface area contributed by atoms with Gasteiger partial charge in [0.2, 0.25) is 10.0 Å². The Morgan fingerprint density at radius 3 is 2.50 bits per heavy atom. The molecule has 0 aromatic heterocycles. The minimum absolute atomic E-state index is 0.0737. The van der Waals surface area contributed by atoms with Crippen LogP contribution in [-0.4, -0.2) is 27.3 Å². The van der Waals surface area contributed by atoms with Gasteiger partial charge in [0, 0.05) is 0 Å². The van der Waals surface area contributed by atoms with E-state index in [0.717, 1.165) is 12.1 Å². The van der Waals surface area contributed by atoms with Gasteiger partial charge in [0.25, 0.3) is 0 Å². The number of hydrogen-bond acceptors (Lipinski definition) is 3. The van der Waals surface area contributed by atoms with Crippen LogP contribution in [-0.2, 0) is 10.0 Å². The van der Waals surface area contributed by atoms with Crippen LogP contribution >= 0.6 is 11.6 Å². The lowest BCUT2D eigenvalue weighted by molar-refractivity contribution is -0.122. The fraction of sp³-hybridized carbons (Fsp3) is 0.300. The highest BCUT2D eigenvalue weighted by molar-refractivity contribution is 7.89. The molecular formula is C10H7ClF4N2O2S. The van der Waals surface area contributed by atoms with Crippen molar-refractivity contribution in [3.05, 3.63) is 28.8 Å². The Morgan fingerprint density at radius 2 is 2.00 bits per heavy atom. The van der Waals surface area contributed by atoms with E-state index in [4.69, 9.17) is 16.9 Å². The van der Waals surface area contributed by atoms with Gasteiger partial charge >= 0.3 is 12.3 Å². The molecule has 0 aliphatic heterocycles. The van der Waals surface area contributed by atoms with Crippen molar-refractivity contribution in [1.82, 2.24) is 4.72 Å². The zero-order valence-electron chi connectivity index (χ0n) is 9.58. The molecule has 0 spiro atoms. The molecule has 0 heterocycles. The molecule has 0 aliphatic carbocycles. The monoisotopic (exact) mass is 330 g/mol. The third-order valence-corrected chi connectivity index (χ3v) is 4.05. The van der Waals surface area contributed by atoms with Crippen LogP contribution in [0.1, 0.15) is 5.56 Å². The van der Waals surface area contributed by atoms with Gasteiger partial charge in [-0.25, -0.2) is 21.9 Å². The Labute approximate surface area is 117 Å². The van der Waals surface area contributed by atoms with E-state index < -0.39 is 33.8 Å². The normalized spacial score (nSPS) is 12.4. The minimum atomic E-state index is -4.54. The second-order valence-electron chi connectivity index (χ2n) is 3.64. The molecule has 1 N–H and O–H groups in total. The van der Waals surface area contributed by atoms with E-state index in [1.54, 1.807) is 6.07 Å². The van der Waals surface area contributed by atoms with Gasteiger partial charge in [-0.3, -0.25) is 0 Å². The van der Waals surface area contributed by atoms with Crippen LogP contribution in [0.5, 0.6) is 0 Å². The first-order chi connectivity index (χ1) is 9.10. The predicted octanol–water partition coefficient (Wildman–Crippen LogP) is 2.39. The summed E-state index contributed by atoms with van der Waals surface area (Å²) in [6, 6.07) is 4.79. The molecule has 0 bridgehead atoms. The van der Waals surface area contributed by atoms with Crippen LogP contribution < -0.4 is 4.72 Å². The number of halogens is 5. The van der Waals surface area contributed by atoms with Crippen molar-refractivity contribution >= 4 is 21.6 Å². The van der Waals surface area contributed by atoms with Crippen molar-refractivity contribution < 1.29 is 26.0 Å². The van der Waals surface area contributed by atoms with Crippen molar-refractivity contribution in [3.8, 4) is 6.07 Å². The van der Waals surface area contributed by atoms with E-state index in [9.17, 15) is 26.0 Å². The average molecular weight is 331 g/mol. The van der Waals surface area contributed by atoms with Crippen molar-refractivity contribution in [3.63, 3.8) is 0 Å². The van der Waals surface area contributed by atoms with Gasteiger partial charge in [0.05, 0.1) is 23.2 Å². The van der Waals surface area contributed by atoms with E-state index >= 15 is 0 Å². The van der Waals surface area contributed by atoms with Crippen LogP contribution in [0.25, 0.3) is 0 Å². The maximum absolute atomic E-state index is 12.7. The van der Waals surface area contributed by atoms with E-state index in [2.05, 4.69) is 0 Å². The molecule has 20 heavy (non-hydrogen) atoms. The van der Waals surface area contributed by atoms with Gasteiger partial charge in [-0.05, 0) is 18.2 Å². The van der Waals surface area contributed by atoms with Gasteiger partial charge < -0.3 is 0 Å². The Balaban J connectivity index is 3.04. The minimum Gasteiger partial charge on any atom is -0.207 e. The highest BCUT2D eigenvalue weighted by Crippen LogP contribution is 2.25.